The van der Waals surface area contributed by atoms with Crippen molar-refractivity contribution in [3.8, 4) is 11.1 Å². The van der Waals surface area contributed by atoms with Crippen LogP contribution in [0.25, 0.3) is 11.1 Å². The zero-order chi connectivity index (χ0) is 24.1. The number of carboxylic acid groups (broad SMARTS) is 1. The molecule has 4 rings (SSSR count). The molecule has 0 aliphatic heterocycles. The molecule has 0 aromatic heterocycles. The maximum atomic E-state index is 12.9. The number of benzene rings is 2. The zero-order valence-corrected chi connectivity index (χ0v) is 19.2. The summed E-state index contributed by atoms with van der Waals surface area (Å²) in [6.45, 7) is 3.55. The van der Waals surface area contributed by atoms with Crippen molar-refractivity contribution in [3.63, 3.8) is 0 Å². The Labute approximate surface area is 199 Å². The summed E-state index contributed by atoms with van der Waals surface area (Å²) >= 11 is 0. The maximum absolute atomic E-state index is 12.9. The van der Waals surface area contributed by atoms with Crippen molar-refractivity contribution in [3.05, 3.63) is 72.3 Å². The van der Waals surface area contributed by atoms with Crippen LogP contribution in [-0.4, -0.2) is 53.2 Å². The Hall–Kier alpha value is -3.61. The number of ether oxygens (including phenoxy) is 1. The lowest BCUT2D eigenvalue weighted by atomic mass is 9.92. The van der Waals surface area contributed by atoms with Gasteiger partial charge in [0.1, 0.15) is 13.2 Å². The fourth-order valence-corrected chi connectivity index (χ4v) is 5.22. The summed E-state index contributed by atoms with van der Waals surface area (Å²) in [6, 6.07) is 16.3. The van der Waals surface area contributed by atoms with Gasteiger partial charge in [-0.05, 0) is 35.1 Å². The maximum Gasteiger partial charge on any atom is 0.407 e. The number of alkyl carbamates (subject to hydrolysis) is 1. The quantitative estimate of drug-likeness (QED) is 0.541. The molecule has 178 valence electrons. The minimum absolute atomic E-state index is 0.0400. The molecule has 0 heterocycles. The van der Waals surface area contributed by atoms with Crippen LogP contribution in [-0.2, 0) is 14.3 Å². The number of nitrogens with one attached hydrogen (secondary N) is 1. The van der Waals surface area contributed by atoms with Gasteiger partial charge in [-0.15, -0.1) is 6.58 Å². The van der Waals surface area contributed by atoms with Crippen molar-refractivity contribution in [2.45, 2.75) is 43.6 Å². The molecular formula is C27H30N2O5. The van der Waals surface area contributed by atoms with E-state index in [-0.39, 0.29) is 31.4 Å². The fourth-order valence-electron chi connectivity index (χ4n) is 5.22. The largest absolute Gasteiger partial charge is 0.480 e. The Morgan fingerprint density at radius 1 is 1.06 bits per heavy atom. The Balaban J connectivity index is 1.42. The van der Waals surface area contributed by atoms with Crippen molar-refractivity contribution in [1.82, 2.24) is 10.2 Å². The highest BCUT2D eigenvalue weighted by Crippen LogP contribution is 2.44. The number of nitrogens with zero attached hydrogens (tertiary/aromatic N) is 1. The predicted octanol–water partition coefficient (Wildman–Crippen LogP) is 4.33. The van der Waals surface area contributed by atoms with Gasteiger partial charge >= 0.3 is 12.1 Å². The Morgan fingerprint density at radius 2 is 1.65 bits per heavy atom. The van der Waals surface area contributed by atoms with E-state index >= 15 is 0 Å². The van der Waals surface area contributed by atoms with E-state index in [4.69, 9.17) is 9.84 Å². The lowest BCUT2D eigenvalue weighted by Gasteiger charge is -2.32. The van der Waals surface area contributed by atoms with E-state index in [9.17, 15) is 14.4 Å². The van der Waals surface area contributed by atoms with E-state index in [1.54, 1.807) is 0 Å². The number of amides is 2. The third kappa shape index (κ3) is 4.98. The highest BCUT2D eigenvalue weighted by atomic mass is 16.5. The second-order valence-electron chi connectivity index (χ2n) is 9.07. The minimum atomic E-state index is -1.08. The lowest BCUT2D eigenvalue weighted by molar-refractivity contribution is -0.144. The van der Waals surface area contributed by atoms with Crippen LogP contribution in [0.15, 0.2) is 61.2 Å². The summed E-state index contributed by atoms with van der Waals surface area (Å²) in [7, 11) is 0. The average molecular weight is 463 g/mol. The molecule has 2 aromatic carbocycles. The third-order valence-electron chi connectivity index (χ3n) is 6.79. The van der Waals surface area contributed by atoms with Crippen LogP contribution in [0, 0.1) is 0 Å². The first-order chi connectivity index (χ1) is 16.4. The van der Waals surface area contributed by atoms with E-state index in [0.29, 0.717) is 12.8 Å². The molecule has 0 atom stereocenters. The summed E-state index contributed by atoms with van der Waals surface area (Å²) in [4.78, 5) is 38.1. The van der Waals surface area contributed by atoms with Gasteiger partial charge in [0.2, 0.25) is 5.91 Å². The van der Waals surface area contributed by atoms with Crippen LogP contribution >= 0.6 is 0 Å². The van der Waals surface area contributed by atoms with E-state index in [1.807, 2.05) is 24.3 Å². The van der Waals surface area contributed by atoms with Crippen molar-refractivity contribution in [1.29, 1.82) is 0 Å². The smallest absolute Gasteiger partial charge is 0.407 e. The van der Waals surface area contributed by atoms with E-state index < -0.39 is 24.1 Å². The summed E-state index contributed by atoms with van der Waals surface area (Å²) in [6.07, 6.45) is 4.06. The van der Waals surface area contributed by atoms with Crippen molar-refractivity contribution in [2.24, 2.45) is 0 Å². The number of carboxylic acids is 1. The monoisotopic (exact) mass is 462 g/mol. The molecule has 1 saturated carbocycles. The molecule has 1 fully saturated rings. The first-order valence-electron chi connectivity index (χ1n) is 11.7. The Bertz CT molecular complexity index is 1040. The van der Waals surface area contributed by atoms with Crippen molar-refractivity contribution in [2.75, 3.05) is 19.7 Å². The molecule has 2 aromatic rings. The second-order valence-corrected chi connectivity index (χ2v) is 9.07. The van der Waals surface area contributed by atoms with Crippen LogP contribution in [0.3, 0.4) is 0 Å². The molecule has 0 radical (unpaired) electrons. The van der Waals surface area contributed by atoms with Crippen LogP contribution in [0.1, 0.15) is 49.1 Å². The first-order valence-corrected chi connectivity index (χ1v) is 11.7. The van der Waals surface area contributed by atoms with Gasteiger partial charge in [0.15, 0.2) is 0 Å². The molecular weight excluding hydrogens is 432 g/mol. The van der Waals surface area contributed by atoms with Gasteiger partial charge in [-0.2, -0.15) is 0 Å². The Kier molecular flexibility index (Phi) is 7.01. The molecule has 0 saturated heterocycles. The molecule has 0 spiro atoms. The first kappa shape index (κ1) is 23.5. The second kappa shape index (κ2) is 10.1. The average Bonchev–Trinajstić information content (AvgIpc) is 3.39. The van der Waals surface area contributed by atoms with E-state index in [1.165, 1.54) is 11.0 Å². The van der Waals surface area contributed by atoms with Crippen LogP contribution in [0.5, 0.6) is 0 Å². The number of hydrogen-bond acceptors (Lipinski definition) is 4. The van der Waals surface area contributed by atoms with Gasteiger partial charge in [0.05, 0.1) is 12.0 Å². The van der Waals surface area contributed by atoms with Gasteiger partial charge in [-0.1, -0.05) is 67.4 Å². The molecule has 34 heavy (non-hydrogen) atoms. The molecule has 2 amide bonds. The van der Waals surface area contributed by atoms with E-state index in [2.05, 4.69) is 36.2 Å². The summed E-state index contributed by atoms with van der Waals surface area (Å²) < 4.78 is 5.70. The number of fused-ring (bicyclic) bond motifs is 3. The summed E-state index contributed by atoms with van der Waals surface area (Å²) in [5.74, 6) is -1.44. The van der Waals surface area contributed by atoms with Crippen molar-refractivity contribution < 1.29 is 24.2 Å². The highest BCUT2D eigenvalue weighted by Gasteiger charge is 2.39. The molecule has 2 aliphatic carbocycles. The SMILES string of the molecule is C=CCN(CC(=O)O)C(=O)CC1(NC(=O)OCC2c3ccccc3-c3ccccc32)CCCC1. The Morgan fingerprint density at radius 3 is 2.21 bits per heavy atom. The van der Waals surface area contributed by atoms with Crippen LogP contribution in [0.4, 0.5) is 4.79 Å². The minimum Gasteiger partial charge on any atom is -0.480 e. The van der Waals surface area contributed by atoms with Gasteiger partial charge < -0.3 is 20.1 Å². The fraction of sp³-hybridized carbons (Fsp3) is 0.370. The van der Waals surface area contributed by atoms with Gasteiger partial charge in [-0.3, -0.25) is 9.59 Å². The number of carbonyl (C=O) groups excluding carboxylic acids is 2. The topological polar surface area (TPSA) is 95.9 Å². The normalized spacial score (nSPS) is 15.8. The van der Waals surface area contributed by atoms with Gasteiger partial charge in [-0.25, -0.2) is 4.79 Å². The molecule has 0 unspecified atom stereocenters. The summed E-state index contributed by atoms with van der Waals surface area (Å²) in [5, 5.41) is 12.1. The third-order valence-corrected chi connectivity index (χ3v) is 6.79. The van der Waals surface area contributed by atoms with Crippen LogP contribution < -0.4 is 5.32 Å². The lowest BCUT2D eigenvalue weighted by Crippen LogP contribution is -2.50. The van der Waals surface area contributed by atoms with Gasteiger partial charge in [0, 0.05) is 12.5 Å². The summed E-state index contributed by atoms with van der Waals surface area (Å²) in [5.41, 5.74) is 3.86. The highest BCUT2D eigenvalue weighted by molar-refractivity contribution is 5.83. The molecule has 2 N–H and O–H groups in total. The number of carbonyl (C=O) groups is 3. The number of aliphatic carboxylic acids is 1. The van der Waals surface area contributed by atoms with Gasteiger partial charge in [0.25, 0.3) is 0 Å². The molecule has 2 aliphatic rings. The number of rotatable bonds is 9. The molecule has 7 heteroatoms. The number of hydrogen-bond donors (Lipinski definition) is 2. The van der Waals surface area contributed by atoms with Crippen LogP contribution in [0.2, 0.25) is 0 Å². The zero-order valence-electron chi connectivity index (χ0n) is 19.2. The van der Waals surface area contributed by atoms with Crippen molar-refractivity contribution >= 4 is 18.0 Å². The molecule has 7 nitrogen and oxygen atoms in total. The molecule has 0 bridgehead atoms. The predicted molar refractivity (Wildman–Crippen MR) is 128 cm³/mol. The van der Waals surface area contributed by atoms with E-state index in [0.717, 1.165) is 35.1 Å². The standard InChI is InChI=1S/C27H30N2O5/c1-2-15-29(17-25(31)32)24(30)16-27(13-7-8-14-27)28-26(33)34-18-23-21-11-5-3-9-19(21)20-10-4-6-12-22(20)23/h2-6,9-12,23H,1,7-8,13-18H2,(H,28,33)(H,31,32).